The summed E-state index contributed by atoms with van der Waals surface area (Å²) in [6.45, 7) is 6.80. The van der Waals surface area contributed by atoms with Crippen molar-refractivity contribution < 1.29 is 23.9 Å². The molecule has 0 fully saturated rings. The van der Waals surface area contributed by atoms with E-state index in [9.17, 15) is 19.2 Å². The van der Waals surface area contributed by atoms with Crippen LogP contribution >= 0.6 is 11.3 Å². The number of aromatic nitrogens is 2. The highest BCUT2D eigenvalue weighted by molar-refractivity contribution is 7.20. The molecule has 0 bridgehead atoms. The van der Waals surface area contributed by atoms with Gasteiger partial charge in [-0.1, -0.05) is 6.92 Å². The van der Waals surface area contributed by atoms with Crippen LogP contribution < -0.4 is 10.9 Å². The number of carbonyl (C=O) groups excluding carboxylic acids is 3. The molecule has 28 heavy (non-hydrogen) atoms. The van der Waals surface area contributed by atoms with E-state index in [0.717, 1.165) is 11.3 Å². The molecule has 0 radical (unpaired) electrons. The maximum atomic E-state index is 12.3. The summed E-state index contributed by atoms with van der Waals surface area (Å²) in [6, 6.07) is 0. The molecular weight excluding hydrogens is 386 g/mol. The molecule has 152 valence electrons. The first-order valence-electron chi connectivity index (χ1n) is 8.65. The first-order chi connectivity index (χ1) is 13.1. The number of methoxy groups -OCH3 is 1. The predicted octanol–water partition coefficient (Wildman–Crippen LogP) is 1.47. The minimum Gasteiger partial charge on any atom is -0.465 e. The molecule has 2 aromatic rings. The van der Waals surface area contributed by atoms with Crippen molar-refractivity contribution in [1.82, 2.24) is 15.3 Å². The maximum Gasteiger partial charge on any atom is 0.348 e. The van der Waals surface area contributed by atoms with Crippen molar-refractivity contribution in [1.29, 1.82) is 0 Å². The fraction of sp³-hybridized carbons (Fsp3) is 0.500. The molecule has 2 N–H and O–H groups in total. The van der Waals surface area contributed by atoms with Gasteiger partial charge in [0, 0.05) is 11.1 Å². The van der Waals surface area contributed by atoms with Crippen LogP contribution in [0.2, 0.25) is 0 Å². The van der Waals surface area contributed by atoms with Gasteiger partial charge in [-0.15, -0.1) is 11.3 Å². The van der Waals surface area contributed by atoms with Gasteiger partial charge in [0.15, 0.2) is 6.61 Å². The van der Waals surface area contributed by atoms with E-state index in [0.29, 0.717) is 17.1 Å². The number of carbonyl (C=O) groups is 3. The number of amides is 1. The van der Waals surface area contributed by atoms with Gasteiger partial charge in [-0.25, -0.2) is 9.78 Å². The topological polar surface area (TPSA) is 127 Å². The quantitative estimate of drug-likeness (QED) is 0.663. The Balaban J connectivity index is 2.23. The lowest BCUT2D eigenvalue weighted by Crippen LogP contribution is -2.44. The highest BCUT2D eigenvalue weighted by Gasteiger charge is 2.25. The lowest BCUT2D eigenvalue weighted by molar-refractivity contribution is -0.148. The second-order valence-corrected chi connectivity index (χ2v) is 7.85. The Morgan fingerprint density at radius 3 is 2.57 bits per heavy atom. The van der Waals surface area contributed by atoms with Crippen LogP contribution in [0.3, 0.4) is 0 Å². The minimum atomic E-state index is -0.741. The number of hydrogen-bond donors (Lipinski definition) is 2. The molecule has 2 aromatic heterocycles. The molecule has 2 rings (SSSR count). The van der Waals surface area contributed by atoms with E-state index in [2.05, 4.69) is 15.3 Å². The van der Waals surface area contributed by atoms with Crippen LogP contribution in [-0.2, 0) is 25.5 Å². The van der Waals surface area contributed by atoms with E-state index in [1.165, 1.54) is 7.11 Å². The molecule has 0 aliphatic rings. The Kier molecular flexibility index (Phi) is 6.55. The van der Waals surface area contributed by atoms with Gasteiger partial charge in [-0.05, 0) is 27.2 Å². The fourth-order valence-corrected chi connectivity index (χ4v) is 3.60. The van der Waals surface area contributed by atoms with Gasteiger partial charge in [-0.3, -0.25) is 14.4 Å². The number of esters is 2. The zero-order chi connectivity index (χ0) is 21.1. The van der Waals surface area contributed by atoms with Crippen molar-refractivity contribution >= 4 is 39.4 Å². The highest BCUT2D eigenvalue weighted by atomic mass is 32.1. The Hall–Kier alpha value is -2.75. The molecule has 0 aromatic carbocycles. The molecule has 0 aliphatic carbocycles. The Morgan fingerprint density at radius 1 is 1.29 bits per heavy atom. The summed E-state index contributed by atoms with van der Waals surface area (Å²) < 4.78 is 9.76. The molecule has 0 aliphatic heterocycles. The second kappa shape index (κ2) is 8.51. The summed E-state index contributed by atoms with van der Waals surface area (Å²) in [7, 11) is 1.21. The van der Waals surface area contributed by atoms with Crippen molar-refractivity contribution in [2.24, 2.45) is 0 Å². The Morgan fingerprint density at radius 2 is 1.96 bits per heavy atom. The normalized spacial score (nSPS) is 11.3. The van der Waals surface area contributed by atoms with Crippen molar-refractivity contribution in [2.75, 3.05) is 13.7 Å². The fourth-order valence-electron chi connectivity index (χ4n) is 2.44. The number of nitrogens with zero attached hydrogens (tertiary/aromatic N) is 1. The third-order valence-electron chi connectivity index (χ3n) is 4.20. The molecular formula is C18H23N3O6S. The molecule has 2 heterocycles. The first kappa shape index (κ1) is 21.5. The van der Waals surface area contributed by atoms with Gasteiger partial charge >= 0.3 is 11.9 Å². The first-order valence-corrected chi connectivity index (χ1v) is 9.46. The number of aryl methyl sites for hydroxylation is 1. The second-order valence-electron chi connectivity index (χ2n) is 6.86. The summed E-state index contributed by atoms with van der Waals surface area (Å²) in [5.41, 5.74) is -0.693. The van der Waals surface area contributed by atoms with Crippen LogP contribution in [0.4, 0.5) is 0 Å². The minimum absolute atomic E-state index is 0.106. The lowest BCUT2D eigenvalue weighted by Gasteiger charge is -2.24. The molecule has 0 atom stereocenters. The summed E-state index contributed by atoms with van der Waals surface area (Å²) in [5, 5.41) is 2.89. The summed E-state index contributed by atoms with van der Waals surface area (Å²) >= 11 is 0.969. The molecule has 0 spiro atoms. The SMILES string of the molecule is CCC(C)(C)NC(=O)COC(=O)Cc1c(C(=O)OC)sc2nc(C)[nH]c(=O)c12. The molecule has 10 heteroatoms. The zero-order valence-electron chi connectivity index (χ0n) is 16.4. The molecule has 9 nitrogen and oxygen atoms in total. The number of H-pyrrole nitrogens is 1. The van der Waals surface area contributed by atoms with Crippen molar-refractivity contribution in [3.63, 3.8) is 0 Å². The van der Waals surface area contributed by atoms with Crippen molar-refractivity contribution in [2.45, 2.75) is 46.1 Å². The number of rotatable bonds is 7. The van der Waals surface area contributed by atoms with E-state index in [1.54, 1.807) is 6.92 Å². The van der Waals surface area contributed by atoms with Crippen LogP contribution in [0, 0.1) is 6.92 Å². The van der Waals surface area contributed by atoms with E-state index in [1.807, 2.05) is 20.8 Å². The summed E-state index contributed by atoms with van der Waals surface area (Å²) in [6.07, 6.45) is 0.355. The van der Waals surface area contributed by atoms with E-state index < -0.39 is 35.6 Å². The van der Waals surface area contributed by atoms with Gasteiger partial charge in [0.2, 0.25) is 0 Å². The van der Waals surface area contributed by atoms with Crippen LogP contribution in [-0.4, -0.2) is 47.1 Å². The largest absolute Gasteiger partial charge is 0.465 e. The van der Waals surface area contributed by atoms with E-state index >= 15 is 0 Å². The number of thiophene rings is 1. The highest BCUT2D eigenvalue weighted by Crippen LogP contribution is 2.29. The monoisotopic (exact) mass is 409 g/mol. The zero-order valence-corrected chi connectivity index (χ0v) is 17.2. The Labute approximate surface area is 165 Å². The van der Waals surface area contributed by atoms with Gasteiger partial charge in [0.25, 0.3) is 11.5 Å². The van der Waals surface area contributed by atoms with Crippen LogP contribution in [0.25, 0.3) is 10.2 Å². The van der Waals surface area contributed by atoms with E-state index in [-0.39, 0.29) is 22.2 Å². The number of ether oxygens (including phenoxy) is 2. The predicted molar refractivity (Wildman–Crippen MR) is 103 cm³/mol. The average Bonchev–Trinajstić information content (AvgIpc) is 2.97. The number of nitrogens with one attached hydrogen (secondary N) is 2. The van der Waals surface area contributed by atoms with Gasteiger partial charge in [0.05, 0.1) is 18.9 Å². The molecule has 0 saturated carbocycles. The maximum absolute atomic E-state index is 12.3. The van der Waals surface area contributed by atoms with Crippen LogP contribution in [0.15, 0.2) is 4.79 Å². The van der Waals surface area contributed by atoms with Gasteiger partial charge in [0.1, 0.15) is 15.5 Å². The number of fused-ring (bicyclic) bond motifs is 1. The number of hydrogen-bond acceptors (Lipinski definition) is 8. The third-order valence-corrected chi connectivity index (χ3v) is 5.30. The Bertz CT molecular complexity index is 976. The standard InChI is InChI=1S/C18H23N3O6S/c1-6-18(3,4)21-11(22)8-27-12(23)7-10-13-15(24)19-9(2)20-16(13)28-14(10)17(25)26-5/h6-8H2,1-5H3,(H,21,22)(H,19,20,24). The van der Waals surface area contributed by atoms with Crippen molar-refractivity contribution in [3.8, 4) is 0 Å². The van der Waals surface area contributed by atoms with E-state index in [4.69, 9.17) is 9.47 Å². The molecule has 0 saturated heterocycles. The summed E-state index contributed by atoms with van der Waals surface area (Å²) in [5.74, 6) is -1.46. The van der Waals surface area contributed by atoms with Crippen molar-refractivity contribution in [3.05, 3.63) is 26.6 Å². The third kappa shape index (κ3) is 4.94. The van der Waals surface area contributed by atoms with Crippen LogP contribution in [0.5, 0.6) is 0 Å². The summed E-state index contributed by atoms with van der Waals surface area (Å²) in [4.78, 5) is 55.8. The van der Waals surface area contributed by atoms with Gasteiger partial charge in [-0.2, -0.15) is 0 Å². The van der Waals surface area contributed by atoms with Gasteiger partial charge < -0.3 is 19.8 Å². The number of aromatic amines is 1. The molecule has 1 amide bonds. The lowest BCUT2D eigenvalue weighted by atomic mass is 10.0. The molecule has 0 unspecified atom stereocenters. The van der Waals surface area contributed by atoms with Crippen LogP contribution in [0.1, 0.15) is 48.3 Å². The average molecular weight is 409 g/mol. The smallest absolute Gasteiger partial charge is 0.348 e.